The van der Waals surface area contributed by atoms with Crippen molar-refractivity contribution in [3.8, 4) is 0 Å². The lowest BCUT2D eigenvalue weighted by Crippen LogP contribution is -2.43. The Balaban J connectivity index is 1.82. The van der Waals surface area contributed by atoms with Crippen molar-refractivity contribution >= 4 is 0 Å². The normalized spacial score (nSPS) is 20.4. The van der Waals surface area contributed by atoms with Crippen molar-refractivity contribution < 1.29 is 0 Å². The smallest absolute Gasteiger partial charge is 0.0294 e. The summed E-state index contributed by atoms with van der Waals surface area (Å²) in [6, 6.07) is 11.9. The van der Waals surface area contributed by atoms with E-state index in [1.807, 2.05) is 0 Å². The predicted octanol–water partition coefficient (Wildman–Crippen LogP) is 2.82. The van der Waals surface area contributed by atoms with Gasteiger partial charge in [-0.3, -0.25) is 0 Å². The maximum absolute atomic E-state index is 3.75. The van der Waals surface area contributed by atoms with E-state index in [1.54, 1.807) is 0 Å². The zero-order valence-electron chi connectivity index (χ0n) is 11.0. The van der Waals surface area contributed by atoms with E-state index >= 15 is 0 Å². The zero-order valence-corrected chi connectivity index (χ0v) is 11.0. The van der Waals surface area contributed by atoms with Crippen LogP contribution in [-0.4, -0.2) is 30.6 Å². The lowest BCUT2D eigenvalue weighted by Gasteiger charge is -2.33. The standard InChI is InChI=1S/C15H24N2/c1-3-17-11-9-15(10-12-17)16-13(2)14-7-5-4-6-8-14/h4-8,13,15-16H,3,9-12H2,1-2H3/t13-/m0/s1. The molecule has 1 aliphatic heterocycles. The van der Waals surface area contributed by atoms with Crippen molar-refractivity contribution in [3.63, 3.8) is 0 Å². The summed E-state index contributed by atoms with van der Waals surface area (Å²) in [4.78, 5) is 2.53. The molecule has 0 aromatic heterocycles. The van der Waals surface area contributed by atoms with Gasteiger partial charge in [-0.05, 0) is 45.0 Å². The van der Waals surface area contributed by atoms with E-state index in [-0.39, 0.29) is 0 Å². The molecule has 2 rings (SSSR count). The van der Waals surface area contributed by atoms with Crippen LogP contribution in [0.25, 0.3) is 0 Å². The van der Waals surface area contributed by atoms with Crippen molar-refractivity contribution in [2.24, 2.45) is 0 Å². The molecule has 1 atom stereocenters. The van der Waals surface area contributed by atoms with Gasteiger partial charge in [-0.25, -0.2) is 0 Å². The number of likely N-dealkylation sites (tertiary alicyclic amines) is 1. The van der Waals surface area contributed by atoms with Gasteiger partial charge in [-0.2, -0.15) is 0 Å². The fraction of sp³-hybridized carbons (Fsp3) is 0.600. The molecule has 0 unspecified atom stereocenters. The molecule has 1 aromatic rings. The van der Waals surface area contributed by atoms with E-state index in [0.717, 1.165) is 0 Å². The molecule has 1 aromatic carbocycles. The van der Waals surface area contributed by atoms with Gasteiger partial charge in [0.15, 0.2) is 0 Å². The minimum absolute atomic E-state index is 0.467. The number of benzene rings is 1. The summed E-state index contributed by atoms with van der Waals surface area (Å²) < 4.78 is 0. The first kappa shape index (κ1) is 12.6. The lowest BCUT2D eigenvalue weighted by atomic mass is 10.0. The highest BCUT2D eigenvalue weighted by Crippen LogP contribution is 2.16. The Kier molecular flexibility index (Phi) is 4.57. The molecule has 0 bridgehead atoms. The van der Waals surface area contributed by atoms with Gasteiger partial charge >= 0.3 is 0 Å². The average Bonchev–Trinajstić information content (AvgIpc) is 2.40. The topological polar surface area (TPSA) is 15.3 Å². The fourth-order valence-electron chi connectivity index (χ4n) is 2.61. The molecule has 2 nitrogen and oxygen atoms in total. The van der Waals surface area contributed by atoms with Crippen molar-refractivity contribution in [2.45, 2.75) is 38.8 Å². The predicted molar refractivity (Wildman–Crippen MR) is 73.1 cm³/mol. The van der Waals surface area contributed by atoms with E-state index < -0.39 is 0 Å². The quantitative estimate of drug-likeness (QED) is 0.858. The molecule has 0 saturated carbocycles. The minimum atomic E-state index is 0.467. The summed E-state index contributed by atoms with van der Waals surface area (Å²) in [5.74, 6) is 0. The van der Waals surface area contributed by atoms with Crippen molar-refractivity contribution in [1.82, 2.24) is 10.2 Å². The second-order valence-electron chi connectivity index (χ2n) is 5.01. The number of nitrogens with zero attached hydrogens (tertiary/aromatic N) is 1. The number of nitrogens with one attached hydrogen (secondary N) is 1. The van der Waals surface area contributed by atoms with E-state index in [4.69, 9.17) is 0 Å². The molecule has 0 spiro atoms. The van der Waals surface area contributed by atoms with Gasteiger partial charge < -0.3 is 10.2 Å². The monoisotopic (exact) mass is 232 g/mol. The molecule has 1 heterocycles. The molecule has 1 N–H and O–H groups in total. The van der Waals surface area contributed by atoms with Crippen molar-refractivity contribution in [3.05, 3.63) is 35.9 Å². The van der Waals surface area contributed by atoms with E-state index in [9.17, 15) is 0 Å². The Bertz CT molecular complexity index is 315. The van der Waals surface area contributed by atoms with Crippen LogP contribution in [0.5, 0.6) is 0 Å². The number of hydrogen-bond donors (Lipinski definition) is 1. The molecule has 1 saturated heterocycles. The third-order valence-electron chi connectivity index (χ3n) is 3.82. The Morgan fingerprint density at radius 1 is 1.24 bits per heavy atom. The van der Waals surface area contributed by atoms with Crippen LogP contribution < -0.4 is 5.32 Å². The van der Waals surface area contributed by atoms with E-state index in [2.05, 4.69) is 54.4 Å². The van der Waals surface area contributed by atoms with E-state index in [1.165, 1.54) is 38.0 Å². The third kappa shape index (κ3) is 3.55. The minimum Gasteiger partial charge on any atom is -0.307 e. The van der Waals surface area contributed by atoms with Gasteiger partial charge in [0.05, 0.1) is 0 Å². The van der Waals surface area contributed by atoms with Crippen LogP contribution in [0, 0.1) is 0 Å². The largest absolute Gasteiger partial charge is 0.307 e. The molecule has 94 valence electrons. The van der Waals surface area contributed by atoms with Gasteiger partial charge in [-0.1, -0.05) is 37.3 Å². The van der Waals surface area contributed by atoms with Gasteiger partial charge in [0.1, 0.15) is 0 Å². The third-order valence-corrected chi connectivity index (χ3v) is 3.82. The first-order valence-electron chi connectivity index (χ1n) is 6.83. The lowest BCUT2D eigenvalue weighted by molar-refractivity contribution is 0.200. The molecule has 1 fully saturated rings. The molecule has 0 aliphatic carbocycles. The average molecular weight is 232 g/mol. The maximum atomic E-state index is 3.75. The molecule has 1 aliphatic rings. The second kappa shape index (κ2) is 6.18. The first-order chi connectivity index (χ1) is 8.29. The van der Waals surface area contributed by atoms with Gasteiger partial charge in [0, 0.05) is 12.1 Å². The zero-order chi connectivity index (χ0) is 12.1. The van der Waals surface area contributed by atoms with Gasteiger partial charge in [0.25, 0.3) is 0 Å². The second-order valence-corrected chi connectivity index (χ2v) is 5.01. The molecular formula is C15H24N2. The first-order valence-corrected chi connectivity index (χ1v) is 6.83. The van der Waals surface area contributed by atoms with E-state index in [0.29, 0.717) is 12.1 Å². The number of hydrogen-bond acceptors (Lipinski definition) is 2. The molecular weight excluding hydrogens is 208 g/mol. The van der Waals surface area contributed by atoms with Crippen molar-refractivity contribution in [2.75, 3.05) is 19.6 Å². The summed E-state index contributed by atoms with van der Waals surface area (Å²) in [6.07, 6.45) is 2.57. The SMILES string of the molecule is CCN1CCC(N[C@@H](C)c2ccccc2)CC1. The van der Waals surface area contributed by atoms with Gasteiger partial charge in [-0.15, -0.1) is 0 Å². The molecule has 17 heavy (non-hydrogen) atoms. The van der Waals surface area contributed by atoms with Crippen LogP contribution in [0.2, 0.25) is 0 Å². The highest BCUT2D eigenvalue weighted by molar-refractivity contribution is 5.18. The summed E-state index contributed by atoms with van der Waals surface area (Å²) in [5, 5.41) is 3.75. The molecule has 0 radical (unpaired) electrons. The Labute approximate surface area is 105 Å². The van der Waals surface area contributed by atoms with Crippen LogP contribution in [-0.2, 0) is 0 Å². The maximum Gasteiger partial charge on any atom is 0.0294 e. The van der Waals surface area contributed by atoms with Crippen LogP contribution in [0.3, 0.4) is 0 Å². The summed E-state index contributed by atoms with van der Waals surface area (Å²) in [7, 11) is 0. The van der Waals surface area contributed by atoms with Crippen molar-refractivity contribution in [1.29, 1.82) is 0 Å². The number of piperidine rings is 1. The van der Waals surface area contributed by atoms with Gasteiger partial charge in [0.2, 0.25) is 0 Å². The molecule has 2 heteroatoms. The van der Waals surface area contributed by atoms with Crippen LogP contribution in [0.15, 0.2) is 30.3 Å². The highest BCUT2D eigenvalue weighted by Gasteiger charge is 2.19. The fourth-order valence-corrected chi connectivity index (χ4v) is 2.61. The van der Waals surface area contributed by atoms with Crippen LogP contribution in [0.4, 0.5) is 0 Å². The Morgan fingerprint density at radius 3 is 2.47 bits per heavy atom. The summed E-state index contributed by atoms with van der Waals surface area (Å²) in [6.45, 7) is 8.20. The summed E-state index contributed by atoms with van der Waals surface area (Å²) >= 11 is 0. The molecule has 0 amide bonds. The Morgan fingerprint density at radius 2 is 1.88 bits per heavy atom. The summed E-state index contributed by atoms with van der Waals surface area (Å²) in [5.41, 5.74) is 1.39. The van der Waals surface area contributed by atoms with Crippen LogP contribution >= 0.6 is 0 Å². The van der Waals surface area contributed by atoms with Crippen LogP contribution in [0.1, 0.15) is 38.3 Å². The highest BCUT2D eigenvalue weighted by atomic mass is 15.1. The number of rotatable bonds is 4. The Hall–Kier alpha value is -0.860.